The molecule has 3 aromatic rings. The minimum absolute atomic E-state index is 0.0145. The second-order valence-electron chi connectivity index (χ2n) is 5.72. The lowest BCUT2D eigenvalue weighted by atomic mass is 10.2. The summed E-state index contributed by atoms with van der Waals surface area (Å²) in [6, 6.07) is 10.3. The molecule has 0 bridgehead atoms. The van der Waals surface area contributed by atoms with Gasteiger partial charge >= 0.3 is 6.18 Å². The number of carbonyl (C=O) groups excluding carboxylic acids is 1. The van der Waals surface area contributed by atoms with Crippen molar-refractivity contribution in [1.82, 2.24) is 4.98 Å². The molecule has 0 saturated carbocycles. The lowest BCUT2D eigenvalue weighted by Crippen LogP contribution is -2.14. The van der Waals surface area contributed by atoms with Gasteiger partial charge in [0, 0.05) is 17.4 Å². The fourth-order valence-corrected chi connectivity index (χ4v) is 2.31. The van der Waals surface area contributed by atoms with E-state index < -0.39 is 29.3 Å². The second kappa shape index (κ2) is 7.63. The first-order chi connectivity index (χ1) is 13.2. The monoisotopic (exact) mass is 393 g/mol. The van der Waals surface area contributed by atoms with Gasteiger partial charge in [0.1, 0.15) is 5.69 Å². The molecular weight excluding hydrogens is 381 g/mol. The molecule has 0 atom stereocenters. The van der Waals surface area contributed by atoms with Crippen molar-refractivity contribution >= 4 is 23.0 Å². The Hall–Kier alpha value is -3.49. The second-order valence-corrected chi connectivity index (χ2v) is 5.72. The lowest BCUT2D eigenvalue weighted by Gasteiger charge is -2.11. The van der Waals surface area contributed by atoms with E-state index in [0.717, 1.165) is 24.3 Å². The van der Waals surface area contributed by atoms with Gasteiger partial charge in [-0.2, -0.15) is 13.2 Å². The zero-order valence-electron chi connectivity index (χ0n) is 14.0. The van der Waals surface area contributed by atoms with E-state index in [9.17, 15) is 26.7 Å². The van der Waals surface area contributed by atoms with E-state index in [2.05, 4.69) is 15.6 Å². The van der Waals surface area contributed by atoms with Gasteiger partial charge < -0.3 is 10.6 Å². The van der Waals surface area contributed by atoms with Crippen LogP contribution in [0.4, 0.5) is 39.0 Å². The summed E-state index contributed by atoms with van der Waals surface area (Å²) in [6.45, 7) is 0. The Labute approximate surface area is 156 Å². The van der Waals surface area contributed by atoms with Gasteiger partial charge in [-0.3, -0.25) is 4.79 Å². The number of benzene rings is 2. The van der Waals surface area contributed by atoms with E-state index in [1.807, 2.05) is 0 Å². The van der Waals surface area contributed by atoms with Crippen molar-refractivity contribution in [2.24, 2.45) is 0 Å². The molecule has 4 nitrogen and oxygen atoms in total. The third kappa shape index (κ3) is 4.61. The van der Waals surface area contributed by atoms with Crippen LogP contribution < -0.4 is 10.6 Å². The molecule has 144 valence electrons. The van der Waals surface area contributed by atoms with Crippen LogP contribution >= 0.6 is 0 Å². The first-order valence-corrected chi connectivity index (χ1v) is 7.89. The van der Waals surface area contributed by atoms with Crippen LogP contribution in [0, 0.1) is 11.6 Å². The number of halogens is 5. The third-order valence-corrected chi connectivity index (χ3v) is 3.65. The van der Waals surface area contributed by atoms with Crippen molar-refractivity contribution in [2.75, 3.05) is 10.6 Å². The average Bonchev–Trinajstić information content (AvgIpc) is 2.65. The molecule has 2 aromatic carbocycles. The number of pyridine rings is 1. The maximum atomic E-state index is 13.2. The molecule has 0 unspecified atom stereocenters. The van der Waals surface area contributed by atoms with Gasteiger partial charge in [0.05, 0.1) is 17.4 Å². The number of nitrogens with one attached hydrogen (secondary N) is 2. The van der Waals surface area contributed by atoms with Crippen LogP contribution in [0.2, 0.25) is 0 Å². The van der Waals surface area contributed by atoms with Crippen molar-refractivity contribution in [3.05, 3.63) is 83.7 Å². The van der Waals surface area contributed by atoms with Crippen LogP contribution in [0.3, 0.4) is 0 Å². The predicted octanol–water partition coefficient (Wildman–Crippen LogP) is 5.37. The molecule has 0 aliphatic heterocycles. The fourth-order valence-electron chi connectivity index (χ4n) is 2.31. The smallest absolute Gasteiger partial charge is 0.354 e. The summed E-state index contributed by atoms with van der Waals surface area (Å²) in [4.78, 5) is 16.0. The molecule has 3 rings (SSSR count). The molecule has 1 heterocycles. The van der Waals surface area contributed by atoms with Crippen molar-refractivity contribution < 1.29 is 26.7 Å². The molecule has 0 saturated heterocycles. The molecule has 0 aliphatic rings. The fraction of sp³-hybridized carbons (Fsp3) is 0.0526. The summed E-state index contributed by atoms with van der Waals surface area (Å²) >= 11 is 0. The molecule has 0 spiro atoms. The van der Waals surface area contributed by atoms with E-state index in [1.165, 1.54) is 36.5 Å². The number of nitrogens with zero attached hydrogens (tertiary/aromatic N) is 1. The van der Waals surface area contributed by atoms with Crippen molar-refractivity contribution in [1.29, 1.82) is 0 Å². The Kier molecular flexibility index (Phi) is 5.25. The van der Waals surface area contributed by atoms with Gasteiger partial charge in [0.15, 0.2) is 11.6 Å². The summed E-state index contributed by atoms with van der Waals surface area (Å²) in [5, 5.41) is 5.13. The maximum Gasteiger partial charge on any atom is 0.416 e. The summed E-state index contributed by atoms with van der Waals surface area (Å²) < 4.78 is 64.3. The standard InChI is InChI=1S/C19H12F5N3O/c20-15-6-4-13(9-16(15)21)27-18(28)17-7-5-14(10-25-17)26-12-3-1-2-11(8-12)19(22,23)24/h1-10,26H,(H,27,28). The molecule has 0 fully saturated rings. The lowest BCUT2D eigenvalue weighted by molar-refractivity contribution is -0.137. The molecule has 2 N–H and O–H groups in total. The van der Waals surface area contributed by atoms with Gasteiger partial charge in [0.2, 0.25) is 0 Å². The Morgan fingerprint density at radius 3 is 2.25 bits per heavy atom. The average molecular weight is 393 g/mol. The number of aromatic nitrogens is 1. The SMILES string of the molecule is O=C(Nc1ccc(F)c(F)c1)c1ccc(Nc2cccc(C(F)(F)F)c2)cn1. The molecule has 1 amide bonds. The first-order valence-electron chi connectivity index (χ1n) is 7.89. The van der Waals surface area contributed by atoms with Gasteiger partial charge in [0.25, 0.3) is 5.91 Å². The van der Waals surface area contributed by atoms with E-state index in [1.54, 1.807) is 0 Å². The largest absolute Gasteiger partial charge is 0.416 e. The first kappa shape index (κ1) is 19.3. The van der Waals surface area contributed by atoms with Crippen LogP contribution in [-0.2, 0) is 6.18 Å². The van der Waals surface area contributed by atoms with Crippen LogP contribution in [0.5, 0.6) is 0 Å². The van der Waals surface area contributed by atoms with Gasteiger partial charge in [-0.15, -0.1) is 0 Å². The Morgan fingerprint density at radius 2 is 1.61 bits per heavy atom. The van der Waals surface area contributed by atoms with E-state index >= 15 is 0 Å². The van der Waals surface area contributed by atoms with E-state index in [-0.39, 0.29) is 17.1 Å². The summed E-state index contributed by atoms with van der Waals surface area (Å²) in [5.74, 6) is -2.80. The zero-order chi connectivity index (χ0) is 20.3. The number of anilines is 3. The third-order valence-electron chi connectivity index (χ3n) is 3.65. The van der Waals surface area contributed by atoms with Crippen molar-refractivity contribution in [2.45, 2.75) is 6.18 Å². The summed E-state index contributed by atoms with van der Waals surface area (Å²) in [5.41, 5.74) is -0.191. The van der Waals surface area contributed by atoms with Crippen molar-refractivity contribution in [3.8, 4) is 0 Å². The highest BCUT2D eigenvalue weighted by Gasteiger charge is 2.30. The van der Waals surface area contributed by atoms with E-state index in [0.29, 0.717) is 5.69 Å². The molecule has 28 heavy (non-hydrogen) atoms. The van der Waals surface area contributed by atoms with Gasteiger partial charge in [-0.05, 0) is 42.5 Å². The highest BCUT2D eigenvalue weighted by molar-refractivity contribution is 6.02. The van der Waals surface area contributed by atoms with Gasteiger partial charge in [-0.25, -0.2) is 13.8 Å². The number of carbonyl (C=O) groups is 1. The highest BCUT2D eigenvalue weighted by Crippen LogP contribution is 2.31. The molecule has 9 heteroatoms. The van der Waals surface area contributed by atoms with Crippen LogP contribution in [0.25, 0.3) is 0 Å². The number of hydrogen-bond acceptors (Lipinski definition) is 3. The van der Waals surface area contributed by atoms with Crippen LogP contribution in [0.15, 0.2) is 60.8 Å². The number of hydrogen-bond donors (Lipinski definition) is 2. The predicted molar refractivity (Wildman–Crippen MR) is 93.3 cm³/mol. The zero-order valence-corrected chi connectivity index (χ0v) is 14.0. The number of rotatable bonds is 4. The van der Waals surface area contributed by atoms with E-state index in [4.69, 9.17) is 0 Å². The maximum absolute atomic E-state index is 13.2. The van der Waals surface area contributed by atoms with Crippen LogP contribution in [-0.4, -0.2) is 10.9 Å². The molecular formula is C19H12F5N3O. The topological polar surface area (TPSA) is 54.0 Å². The van der Waals surface area contributed by atoms with Gasteiger partial charge in [-0.1, -0.05) is 6.07 Å². The summed E-state index contributed by atoms with van der Waals surface area (Å²) in [7, 11) is 0. The highest BCUT2D eigenvalue weighted by atomic mass is 19.4. The Bertz CT molecular complexity index is 1000. The number of alkyl halides is 3. The minimum Gasteiger partial charge on any atom is -0.354 e. The normalized spacial score (nSPS) is 11.2. The Morgan fingerprint density at radius 1 is 0.857 bits per heavy atom. The van der Waals surface area contributed by atoms with Crippen molar-refractivity contribution in [3.63, 3.8) is 0 Å². The molecule has 1 aromatic heterocycles. The summed E-state index contributed by atoms with van der Waals surface area (Å²) in [6.07, 6.45) is -3.20. The molecule has 0 radical (unpaired) electrons. The molecule has 0 aliphatic carbocycles. The minimum atomic E-state index is -4.46. The Balaban J connectivity index is 1.69. The quantitative estimate of drug-likeness (QED) is 0.586. The van der Waals surface area contributed by atoms with Crippen LogP contribution in [0.1, 0.15) is 16.1 Å². The number of amides is 1.